The molecule has 27 heavy (non-hydrogen) atoms. The molecule has 3 N–H and O–H groups in total. The van der Waals surface area contributed by atoms with Crippen molar-refractivity contribution in [2.24, 2.45) is 5.73 Å². The SMILES string of the molecule is Cc1cccc(N(c2ccc(CC(N)C(=O)O)cc2)c2cccc(C)c2)c1. The van der Waals surface area contributed by atoms with E-state index in [1.165, 1.54) is 11.1 Å². The maximum atomic E-state index is 11.0. The minimum absolute atomic E-state index is 0.310. The van der Waals surface area contributed by atoms with Crippen LogP contribution in [0.5, 0.6) is 0 Å². The average molecular weight is 360 g/mol. The van der Waals surface area contributed by atoms with E-state index in [1.54, 1.807) is 0 Å². The Balaban J connectivity index is 1.99. The summed E-state index contributed by atoms with van der Waals surface area (Å²) >= 11 is 0. The number of nitrogens with zero attached hydrogens (tertiary/aromatic N) is 1. The quantitative estimate of drug-likeness (QED) is 0.667. The lowest BCUT2D eigenvalue weighted by Crippen LogP contribution is -2.32. The summed E-state index contributed by atoms with van der Waals surface area (Å²) in [5, 5.41) is 9.00. The summed E-state index contributed by atoms with van der Waals surface area (Å²) in [7, 11) is 0. The van der Waals surface area contributed by atoms with Crippen molar-refractivity contribution in [2.75, 3.05) is 4.90 Å². The molecular weight excluding hydrogens is 336 g/mol. The number of benzene rings is 3. The minimum atomic E-state index is -0.986. The third-order valence-electron chi connectivity index (χ3n) is 4.49. The zero-order valence-corrected chi connectivity index (χ0v) is 15.6. The maximum Gasteiger partial charge on any atom is 0.320 e. The normalized spacial score (nSPS) is 11.8. The van der Waals surface area contributed by atoms with Gasteiger partial charge in [-0.15, -0.1) is 0 Å². The molecule has 0 saturated heterocycles. The van der Waals surface area contributed by atoms with Crippen LogP contribution in [0.3, 0.4) is 0 Å². The van der Waals surface area contributed by atoms with E-state index in [0.29, 0.717) is 6.42 Å². The Morgan fingerprint density at radius 1 is 0.889 bits per heavy atom. The third kappa shape index (κ3) is 4.54. The van der Waals surface area contributed by atoms with Gasteiger partial charge in [0.05, 0.1) is 0 Å². The third-order valence-corrected chi connectivity index (χ3v) is 4.49. The van der Waals surface area contributed by atoms with E-state index in [0.717, 1.165) is 22.6 Å². The van der Waals surface area contributed by atoms with Gasteiger partial charge in [-0.05, 0) is 73.4 Å². The number of hydrogen-bond acceptors (Lipinski definition) is 3. The number of carbonyl (C=O) groups is 1. The van der Waals surface area contributed by atoms with Crippen LogP contribution in [0.2, 0.25) is 0 Å². The first-order valence-corrected chi connectivity index (χ1v) is 8.95. The summed E-state index contributed by atoms with van der Waals surface area (Å²) < 4.78 is 0. The maximum absolute atomic E-state index is 11.0. The van der Waals surface area contributed by atoms with E-state index < -0.39 is 12.0 Å². The molecule has 3 aromatic carbocycles. The number of carboxylic acid groups (broad SMARTS) is 1. The van der Waals surface area contributed by atoms with Gasteiger partial charge in [-0.25, -0.2) is 0 Å². The lowest BCUT2D eigenvalue weighted by molar-refractivity contribution is -0.138. The second-order valence-corrected chi connectivity index (χ2v) is 6.83. The van der Waals surface area contributed by atoms with Gasteiger partial charge in [0.1, 0.15) is 6.04 Å². The molecule has 4 nitrogen and oxygen atoms in total. The van der Waals surface area contributed by atoms with Gasteiger partial charge in [-0.3, -0.25) is 4.79 Å². The molecule has 0 aliphatic heterocycles. The number of aryl methyl sites for hydroxylation is 2. The van der Waals surface area contributed by atoms with Crippen molar-refractivity contribution >= 4 is 23.0 Å². The first-order valence-electron chi connectivity index (χ1n) is 8.95. The molecule has 0 fully saturated rings. The number of aliphatic carboxylic acids is 1. The molecular formula is C23H24N2O2. The predicted octanol–water partition coefficient (Wildman–Crippen LogP) is 4.73. The van der Waals surface area contributed by atoms with Crippen LogP contribution in [0.4, 0.5) is 17.1 Å². The Hall–Kier alpha value is -3.11. The van der Waals surface area contributed by atoms with Gasteiger partial charge in [0.25, 0.3) is 0 Å². The molecule has 138 valence electrons. The molecule has 3 aromatic rings. The van der Waals surface area contributed by atoms with Crippen molar-refractivity contribution in [1.82, 2.24) is 0 Å². The fourth-order valence-corrected chi connectivity index (χ4v) is 3.10. The highest BCUT2D eigenvalue weighted by Gasteiger charge is 2.15. The van der Waals surface area contributed by atoms with E-state index in [9.17, 15) is 4.79 Å². The van der Waals surface area contributed by atoms with Gasteiger partial charge >= 0.3 is 5.97 Å². The Morgan fingerprint density at radius 2 is 1.41 bits per heavy atom. The number of hydrogen-bond donors (Lipinski definition) is 2. The summed E-state index contributed by atoms with van der Waals surface area (Å²) in [6.07, 6.45) is 0.310. The molecule has 0 spiro atoms. The number of nitrogens with two attached hydrogens (primary N) is 1. The topological polar surface area (TPSA) is 66.6 Å². The van der Waals surface area contributed by atoms with Crippen LogP contribution in [0.1, 0.15) is 16.7 Å². The first-order chi connectivity index (χ1) is 12.9. The second-order valence-electron chi connectivity index (χ2n) is 6.83. The van der Waals surface area contributed by atoms with Crippen LogP contribution in [0.15, 0.2) is 72.8 Å². The summed E-state index contributed by atoms with van der Waals surface area (Å²) in [5.74, 6) is -0.986. The smallest absolute Gasteiger partial charge is 0.320 e. The van der Waals surface area contributed by atoms with Crippen LogP contribution in [0.25, 0.3) is 0 Å². The summed E-state index contributed by atoms with van der Waals surface area (Å²) in [6.45, 7) is 4.16. The fraction of sp³-hybridized carbons (Fsp3) is 0.174. The van der Waals surface area contributed by atoms with Crippen molar-refractivity contribution in [3.8, 4) is 0 Å². The molecule has 0 bridgehead atoms. The second kappa shape index (κ2) is 8.06. The highest BCUT2D eigenvalue weighted by atomic mass is 16.4. The zero-order chi connectivity index (χ0) is 19.4. The summed E-state index contributed by atoms with van der Waals surface area (Å²) in [5.41, 5.74) is 12.1. The van der Waals surface area contributed by atoms with Crippen LogP contribution in [-0.2, 0) is 11.2 Å². The Labute approximate surface area is 159 Å². The zero-order valence-electron chi connectivity index (χ0n) is 15.6. The van der Waals surface area contributed by atoms with E-state index in [-0.39, 0.29) is 0 Å². The molecule has 0 aliphatic carbocycles. The molecule has 1 unspecified atom stereocenters. The molecule has 0 heterocycles. The van der Waals surface area contributed by atoms with Gasteiger partial charge in [-0.2, -0.15) is 0 Å². The van der Waals surface area contributed by atoms with Crippen LogP contribution in [0, 0.1) is 13.8 Å². The lowest BCUT2D eigenvalue weighted by atomic mass is 10.1. The minimum Gasteiger partial charge on any atom is -0.480 e. The Bertz CT molecular complexity index is 890. The van der Waals surface area contributed by atoms with Gasteiger partial charge in [-0.1, -0.05) is 36.4 Å². The van der Waals surface area contributed by atoms with Crippen LogP contribution >= 0.6 is 0 Å². The summed E-state index contributed by atoms with van der Waals surface area (Å²) in [6, 6.07) is 23.7. The van der Waals surface area contributed by atoms with Crippen molar-refractivity contribution in [1.29, 1.82) is 0 Å². The molecule has 0 saturated carbocycles. The van der Waals surface area contributed by atoms with E-state index in [4.69, 9.17) is 10.8 Å². The molecule has 0 aliphatic rings. The lowest BCUT2D eigenvalue weighted by Gasteiger charge is -2.26. The van der Waals surface area contributed by atoms with Crippen molar-refractivity contribution < 1.29 is 9.90 Å². The summed E-state index contributed by atoms with van der Waals surface area (Å²) in [4.78, 5) is 13.2. The van der Waals surface area contributed by atoms with Gasteiger partial charge in [0.2, 0.25) is 0 Å². The Kier molecular flexibility index (Phi) is 5.57. The monoisotopic (exact) mass is 360 g/mol. The average Bonchev–Trinajstić information content (AvgIpc) is 2.63. The van der Waals surface area contributed by atoms with E-state index in [1.807, 2.05) is 36.4 Å². The molecule has 0 amide bonds. The molecule has 4 heteroatoms. The van der Waals surface area contributed by atoms with Gasteiger partial charge < -0.3 is 15.7 Å². The van der Waals surface area contributed by atoms with Gasteiger partial charge in [0.15, 0.2) is 0 Å². The highest BCUT2D eigenvalue weighted by molar-refractivity contribution is 5.77. The van der Waals surface area contributed by atoms with Crippen LogP contribution < -0.4 is 10.6 Å². The predicted molar refractivity (Wildman–Crippen MR) is 110 cm³/mol. The van der Waals surface area contributed by atoms with E-state index in [2.05, 4.69) is 55.1 Å². The van der Waals surface area contributed by atoms with Crippen molar-refractivity contribution in [3.63, 3.8) is 0 Å². The molecule has 1 atom stereocenters. The molecule has 3 rings (SSSR count). The first kappa shape index (κ1) is 18.7. The number of anilines is 3. The fourth-order valence-electron chi connectivity index (χ4n) is 3.10. The van der Waals surface area contributed by atoms with Crippen molar-refractivity contribution in [2.45, 2.75) is 26.3 Å². The van der Waals surface area contributed by atoms with Crippen LogP contribution in [-0.4, -0.2) is 17.1 Å². The Morgan fingerprint density at radius 3 is 1.85 bits per heavy atom. The largest absolute Gasteiger partial charge is 0.480 e. The standard InChI is InChI=1S/C23H24N2O2/c1-16-5-3-7-20(13-16)25(21-8-4-6-17(2)14-21)19-11-9-18(10-12-19)15-22(24)23(26)27/h3-14,22H,15,24H2,1-2H3,(H,26,27). The van der Waals surface area contributed by atoms with Gasteiger partial charge in [0, 0.05) is 17.1 Å². The molecule has 0 aromatic heterocycles. The van der Waals surface area contributed by atoms with Crippen molar-refractivity contribution in [3.05, 3.63) is 89.5 Å². The molecule has 0 radical (unpaired) electrons. The van der Waals surface area contributed by atoms with E-state index >= 15 is 0 Å². The highest BCUT2D eigenvalue weighted by Crippen LogP contribution is 2.35. The number of rotatable bonds is 6. The number of carboxylic acids is 1.